The molecule has 4 nitrogen and oxygen atoms in total. The zero-order chi connectivity index (χ0) is 14.2. The van der Waals surface area contributed by atoms with E-state index in [0.717, 1.165) is 30.9 Å². The van der Waals surface area contributed by atoms with E-state index in [4.69, 9.17) is 4.74 Å². The van der Waals surface area contributed by atoms with Crippen molar-refractivity contribution in [2.24, 2.45) is 0 Å². The zero-order valence-corrected chi connectivity index (χ0v) is 12.7. The van der Waals surface area contributed by atoms with Crippen LogP contribution in [0.15, 0.2) is 48.8 Å². The predicted octanol–water partition coefficient (Wildman–Crippen LogP) is 3.93. The maximum Gasteiger partial charge on any atom is 0.257 e. The summed E-state index contributed by atoms with van der Waals surface area (Å²) in [5.41, 5.74) is 1.28. The number of rotatable bonds is 6. The van der Waals surface area contributed by atoms with Gasteiger partial charge in [0.25, 0.3) is 5.91 Å². The highest BCUT2D eigenvalue weighted by atomic mass is 35.5. The van der Waals surface area contributed by atoms with Crippen molar-refractivity contribution >= 4 is 24.0 Å². The summed E-state index contributed by atoms with van der Waals surface area (Å²) in [6.07, 6.45) is 5.33. The molecule has 0 atom stereocenters. The first-order valence-corrected chi connectivity index (χ1v) is 6.74. The van der Waals surface area contributed by atoms with E-state index in [-0.39, 0.29) is 18.3 Å². The first-order valence-electron chi connectivity index (χ1n) is 6.74. The van der Waals surface area contributed by atoms with Crippen molar-refractivity contribution in [3.63, 3.8) is 0 Å². The van der Waals surface area contributed by atoms with Crippen molar-refractivity contribution in [2.75, 3.05) is 11.9 Å². The summed E-state index contributed by atoms with van der Waals surface area (Å²) in [4.78, 5) is 15.8. The Morgan fingerprint density at radius 2 is 2.00 bits per heavy atom. The average Bonchev–Trinajstić information content (AvgIpc) is 2.50. The molecular formula is C16H19ClN2O2. The van der Waals surface area contributed by atoms with Crippen molar-refractivity contribution in [3.05, 3.63) is 54.4 Å². The average molecular weight is 307 g/mol. The van der Waals surface area contributed by atoms with Crippen LogP contribution in [-0.4, -0.2) is 17.5 Å². The minimum absolute atomic E-state index is 0. The number of hydrogen-bond donors (Lipinski definition) is 1. The topological polar surface area (TPSA) is 51.2 Å². The lowest BCUT2D eigenvalue weighted by atomic mass is 10.2. The third-order valence-corrected chi connectivity index (χ3v) is 2.80. The van der Waals surface area contributed by atoms with Gasteiger partial charge in [-0.2, -0.15) is 0 Å². The van der Waals surface area contributed by atoms with E-state index >= 15 is 0 Å². The minimum atomic E-state index is -0.169. The molecule has 0 saturated carbocycles. The van der Waals surface area contributed by atoms with Crippen LogP contribution < -0.4 is 10.1 Å². The molecule has 0 unspecified atom stereocenters. The van der Waals surface area contributed by atoms with Gasteiger partial charge in [-0.15, -0.1) is 12.4 Å². The van der Waals surface area contributed by atoms with Crippen LogP contribution in [0.2, 0.25) is 0 Å². The fourth-order valence-corrected chi connectivity index (χ4v) is 1.67. The number of ether oxygens (including phenoxy) is 1. The van der Waals surface area contributed by atoms with Crippen molar-refractivity contribution in [1.29, 1.82) is 0 Å². The van der Waals surface area contributed by atoms with Gasteiger partial charge in [0.05, 0.1) is 12.2 Å². The largest absolute Gasteiger partial charge is 0.494 e. The minimum Gasteiger partial charge on any atom is -0.494 e. The molecule has 2 rings (SSSR count). The summed E-state index contributed by atoms with van der Waals surface area (Å²) in [5.74, 6) is 0.649. The molecule has 0 spiro atoms. The van der Waals surface area contributed by atoms with Crippen LogP contribution in [-0.2, 0) is 0 Å². The highest BCUT2D eigenvalue weighted by molar-refractivity contribution is 6.04. The molecular weight excluding hydrogens is 288 g/mol. The van der Waals surface area contributed by atoms with Gasteiger partial charge in [0.1, 0.15) is 5.75 Å². The van der Waals surface area contributed by atoms with Crippen molar-refractivity contribution in [1.82, 2.24) is 4.98 Å². The number of amides is 1. The maximum atomic E-state index is 11.9. The Labute approximate surface area is 131 Å². The Balaban J connectivity index is 0.00000220. The predicted molar refractivity (Wildman–Crippen MR) is 86.3 cm³/mol. The zero-order valence-electron chi connectivity index (χ0n) is 11.9. The molecule has 0 aliphatic heterocycles. The van der Waals surface area contributed by atoms with Gasteiger partial charge < -0.3 is 10.1 Å². The smallest absolute Gasteiger partial charge is 0.257 e. The lowest BCUT2D eigenvalue weighted by molar-refractivity contribution is 0.102. The summed E-state index contributed by atoms with van der Waals surface area (Å²) in [6.45, 7) is 2.85. The number of carbonyl (C=O) groups excluding carboxylic acids is 1. The van der Waals surface area contributed by atoms with E-state index in [9.17, 15) is 4.79 Å². The van der Waals surface area contributed by atoms with Crippen LogP contribution in [0, 0.1) is 0 Å². The number of anilines is 1. The first-order chi connectivity index (χ1) is 9.79. The summed E-state index contributed by atoms with van der Waals surface area (Å²) in [6, 6.07) is 10.8. The van der Waals surface area contributed by atoms with E-state index in [1.807, 2.05) is 24.3 Å². The van der Waals surface area contributed by atoms with Crippen LogP contribution in [0.5, 0.6) is 5.75 Å². The molecule has 0 saturated heterocycles. The van der Waals surface area contributed by atoms with Crippen LogP contribution in [0.3, 0.4) is 0 Å². The standard InChI is InChI=1S/C16H18N2O2.ClH/c1-2-3-11-20-15-8-6-14(7-9-15)18-16(19)13-5-4-10-17-12-13;/h4-10,12H,2-3,11H2,1H3,(H,18,19);1H. The molecule has 0 aliphatic rings. The number of unbranched alkanes of at least 4 members (excludes halogenated alkanes) is 1. The Morgan fingerprint density at radius 3 is 2.62 bits per heavy atom. The lowest BCUT2D eigenvalue weighted by Crippen LogP contribution is -2.11. The number of nitrogens with one attached hydrogen (secondary N) is 1. The number of hydrogen-bond acceptors (Lipinski definition) is 3. The first kappa shape index (κ1) is 17.0. The number of halogens is 1. The van der Waals surface area contributed by atoms with E-state index in [2.05, 4.69) is 17.2 Å². The Bertz CT molecular complexity index is 544. The van der Waals surface area contributed by atoms with Gasteiger partial charge in [-0.25, -0.2) is 0 Å². The van der Waals surface area contributed by atoms with E-state index in [1.54, 1.807) is 18.3 Å². The summed E-state index contributed by atoms with van der Waals surface area (Å²) in [7, 11) is 0. The number of nitrogens with zero attached hydrogens (tertiary/aromatic N) is 1. The van der Waals surface area contributed by atoms with Gasteiger partial charge in [-0.1, -0.05) is 13.3 Å². The van der Waals surface area contributed by atoms with Crippen LogP contribution in [0.4, 0.5) is 5.69 Å². The fourth-order valence-electron chi connectivity index (χ4n) is 1.67. The molecule has 2 aromatic rings. The lowest BCUT2D eigenvalue weighted by Gasteiger charge is -2.08. The third kappa shape index (κ3) is 5.44. The van der Waals surface area contributed by atoms with Gasteiger partial charge in [-0.05, 0) is 42.8 Å². The van der Waals surface area contributed by atoms with Crippen molar-refractivity contribution in [2.45, 2.75) is 19.8 Å². The summed E-state index contributed by atoms with van der Waals surface area (Å²) in [5, 5.41) is 2.82. The highest BCUT2D eigenvalue weighted by Crippen LogP contribution is 2.16. The van der Waals surface area contributed by atoms with Gasteiger partial charge in [-0.3, -0.25) is 9.78 Å². The van der Waals surface area contributed by atoms with Gasteiger partial charge in [0, 0.05) is 18.1 Å². The molecule has 1 heterocycles. The normalized spacial score (nSPS) is 9.57. The number of benzene rings is 1. The molecule has 1 amide bonds. The highest BCUT2D eigenvalue weighted by Gasteiger charge is 2.05. The van der Waals surface area contributed by atoms with Gasteiger partial charge in [0.2, 0.25) is 0 Å². The van der Waals surface area contributed by atoms with E-state index < -0.39 is 0 Å². The van der Waals surface area contributed by atoms with Crippen LogP contribution in [0.1, 0.15) is 30.1 Å². The third-order valence-electron chi connectivity index (χ3n) is 2.80. The van der Waals surface area contributed by atoms with Crippen LogP contribution in [0.25, 0.3) is 0 Å². The van der Waals surface area contributed by atoms with Crippen LogP contribution >= 0.6 is 12.4 Å². The SMILES string of the molecule is CCCCOc1ccc(NC(=O)c2cccnc2)cc1.Cl. The molecule has 0 aliphatic carbocycles. The molecule has 0 fully saturated rings. The van der Waals surface area contributed by atoms with E-state index in [1.165, 1.54) is 6.20 Å². The Kier molecular flexibility index (Phi) is 7.26. The Morgan fingerprint density at radius 1 is 1.24 bits per heavy atom. The molecule has 112 valence electrons. The van der Waals surface area contributed by atoms with Gasteiger partial charge in [0.15, 0.2) is 0 Å². The number of carbonyl (C=O) groups is 1. The molecule has 1 aromatic carbocycles. The van der Waals surface area contributed by atoms with Crippen molar-refractivity contribution in [3.8, 4) is 5.75 Å². The van der Waals surface area contributed by atoms with E-state index in [0.29, 0.717) is 5.56 Å². The molecule has 1 N–H and O–H groups in total. The number of pyridine rings is 1. The summed E-state index contributed by atoms with van der Waals surface area (Å²) >= 11 is 0. The molecule has 21 heavy (non-hydrogen) atoms. The second kappa shape index (κ2) is 8.97. The Hall–Kier alpha value is -2.07. The molecule has 0 radical (unpaired) electrons. The monoisotopic (exact) mass is 306 g/mol. The molecule has 5 heteroatoms. The summed E-state index contributed by atoms with van der Waals surface area (Å²) < 4.78 is 5.57. The second-order valence-corrected chi connectivity index (χ2v) is 4.42. The quantitative estimate of drug-likeness (QED) is 0.823. The molecule has 0 bridgehead atoms. The van der Waals surface area contributed by atoms with Crippen molar-refractivity contribution < 1.29 is 9.53 Å². The number of aromatic nitrogens is 1. The maximum absolute atomic E-state index is 11.9. The molecule has 1 aromatic heterocycles. The van der Waals surface area contributed by atoms with Gasteiger partial charge >= 0.3 is 0 Å². The fraction of sp³-hybridized carbons (Fsp3) is 0.250. The second-order valence-electron chi connectivity index (χ2n) is 4.42.